The van der Waals surface area contributed by atoms with E-state index in [2.05, 4.69) is 32.7 Å². The van der Waals surface area contributed by atoms with Gasteiger partial charge in [-0.1, -0.05) is 60.7 Å². The fourth-order valence-corrected chi connectivity index (χ4v) is 6.32. The first-order valence-electron chi connectivity index (χ1n) is 13.5. The zero-order chi connectivity index (χ0) is 27.2. The molecule has 2 atom stereocenters. The maximum atomic E-state index is 13.8. The third-order valence-electron chi connectivity index (χ3n) is 7.33. The van der Waals surface area contributed by atoms with Crippen molar-refractivity contribution in [2.75, 3.05) is 13.1 Å². The number of amides is 3. The maximum Gasteiger partial charge on any atom is 0.244 e. The second-order valence-corrected chi connectivity index (χ2v) is 11.1. The lowest BCUT2D eigenvalue weighted by Gasteiger charge is -2.27. The Kier molecular flexibility index (Phi) is 8.54. The molecule has 3 aromatic carbocycles. The van der Waals surface area contributed by atoms with Crippen LogP contribution in [-0.4, -0.2) is 43.0 Å². The third kappa shape index (κ3) is 6.64. The van der Waals surface area contributed by atoms with E-state index in [9.17, 15) is 14.4 Å². The van der Waals surface area contributed by atoms with Gasteiger partial charge in [0.05, 0.1) is 0 Å². The molecule has 4 N–H and O–H groups in total. The molecule has 202 valence electrons. The molecule has 2 heterocycles. The van der Waals surface area contributed by atoms with Crippen molar-refractivity contribution < 1.29 is 14.4 Å². The first-order valence-corrected chi connectivity index (χ1v) is 14.4. The van der Waals surface area contributed by atoms with Gasteiger partial charge < -0.3 is 21.3 Å². The van der Waals surface area contributed by atoms with Gasteiger partial charge >= 0.3 is 0 Å². The second-order valence-electron chi connectivity index (χ2n) is 10.2. The zero-order valence-corrected chi connectivity index (χ0v) is 22.9. The van der Waals surface area contributed by atoms with Crippen molar-refractivity contribution in [3.8, 4) is 0 Å². The van der Waals surface area contributed by atoms with Crippen LogP contribution < -0.4 is 21.3 Å². The van der Waals surface area contributed by atoms with Crippen molar-refractivity contribution in [2.24, 2.45) is 5.92 Å². The van der Waals surface area contributed by atoms with E-state index in [-0.39, 0.29) is 23.6 Å². The van der Waals surface area contributed by atoms with Gasteiger partial charge in [0.2, 0.25) is 17.7 Å². The van der Waals surface area contributed by atoms with Crippen LogP contribution in [0.4, 0.5) is 0 Å². The molecule has 5 rings (SSSR count). The van der Waals surface area contributed by atoms with Crippen LogP contribution in [0, 0.1) is 5.92 Å². The molecule has 4 aromatic rings. The summed E-state index contributed by atoms with van der Waals surface area (Å²) in [6.45, 7) is 3.02. The summed E-state index contributed by atoms with van der Waals surface area (Å²) in [5.41, 5.74) is 2.04. The molecule has 7 nitrogen and oxygen atoms in total. The van der Waals surface area contributed by atoms with Gasteiger partial charge in [-0.2, -0.15) is 0 Å². The number of thiophene rings is 1. The van der Waals surface area contributed by atoms with Gasteiger partial charge in [0, 0.05) is 30.4 Å². The minimum Gasteiger partial charge on any atom is -0.344 e. The lowest BCUT2D eigenvalue weighted by atomic mass is 9.96. The zero-order valence-electron chi connectivity index (χ0n) is 22.0. The normalized spacial score (nSPS) is 15.5. The number of carbonyl (C=O) groups is 3. The number of piperidine rings is 1. The molecule has 1 fully saturated rings. The SMILES string of the molecule is CC(=O)NC(Cc1cccc2ccccc12)NC(=O)[C@@H](Cc1csc2ccccc12)NC(=O)C1CCNCC1. The standard InChI is InChI=1S/C31H34N4O3S/c1-20(36)33-29(18-23-9-6-8-21-7-2-3-10-25(21)23)35-31(38)27(34-30(37)22-13-15-32-16-14-22)17-24-19-39-28-12-5-4-11-26(24)28/h2-12,19,22,27,29,32H,13-18H2,1H3,(H,33,36)(H,34,37)(H,35,38)/t27-,29?/m1/s1. The summed E-state index contributed by atoms with van der Waals surface area (Å²) in [7, 11) is 0. The molecule has 1 aliphatic rings. The number of hydrogen-bond acceptors (Lipinski definition) is 5. The molecule has 1 aromatic heterocycles. The van der Waals surface area contributed by atoms with Gasteiger partial charge in [-0.25, -0.2) is 0 Å². The van der Waals surface area contributed by atoms with E-state index < -0.39 is 12.2 Å². The predicted octanol–water partition coefficient (Wildman–Crippen LogP) is 3.90. The Morgan fingerprint density at radius 3 is 2.36 bits per heavy atom. The minimum absolute atomic E-state index is 0.0960. The number of benzene rings is 3. The van der Waals surface area contributed by atoms with E-state index in [0.717, 1.165) is 57.9 Å². The molecular formula is C31H34N4O3S. The lowest BCUT2D eigenvalue weighted by Crippen LogP contribution is -2.56. The van der Waals surface area contributed by atoms with Gasteiger partial charge in [0.15, 0.2) is 0 Å². The molecule has 8 heteroatoms. The molecule has 1 aliphatic heterocycles. The molecule has 0 aliphatic carbocycles. The number of carbonyl (C=O) groups excluding carboxylic acids is 3. The van der Waals surface area contributed by atoms with Crippen LogP contribution in [0.15, 0.2) is 72.1 Å². The highest BCUT2D eigenvalue weighted by atomic mass is 32.1. The maximum absolute atomic E-state index is 13.8. The monoisotopic (exact) mass is 542 g/mol. The van der Waals surface area contributed by atoms with Gasteiger partial charge in [0.1, 0.15) is 12.2 Å². The smallest absolute Gasteiger partial charge is 0.244 e. The Bertz CT molecular complexity index is 1470. The van der Waals surface area contributed by atoms with Crippen LogP contribution in [0.5, 0.6) is 0 Å². The largest absolute Gasteiger partial charge is 0.344 e. The summed E-state index contributed by atoms with van der Waals surface area (Å²) in [6.07, 6.45) is 1.66. The third-order valence-corrected chi connectivity index (χ3v) is 8.34. The van der Waals surface area contributed by atoms with Crippen LogP contribution >= 0.6 is 11.3 Å². The van der Waals surface area contributed by atoms with Crippen molar-refractivity contribution in [3.63, 3.8) is 0 Å². The molecule has 0 saturated carbocycles. The van der Waals surface area contributed by atoms with Crippen LogP contribution in [0.2, 0.25) is 0 Å². The summed E-state index contributed by atoms with van der Waals surface area (Å²) in [5, 5.41) is 17.6. The Hall–Kier alpha value is -3.75. The van der Waals surface area contributed by atoms with Crippen LogP contribution in [0.3, 0.4) is 0 Å². The fraction of sp³-hybridized carbons (Fsp3) is 0.323. The molecular weight excluding hydrogens is 508 g/mol. The highest BCUT2D eigenvalue weighted by molar-refractivity contribution is 7.17. The van der Waals surface area contributed by atoms with Gasteiger partial charge in [-0.15, -0.1) is 11.3 Å². The molecule has 1 unspecified atom stereocenters. The second kappa shape index (κ2) is 12.4. The van der Waals surface area contributed by atoms with E-state index in [1.165, 1.54) is 6.92 Å². The first kappa shape index (κ1) is 26.8. The quantitative estimate of drug-likeness (QED) is 0.241. The van der Waals surface area contributed by atoms with E-state index in [1.54, 1.807) is 11.3 Å². The Balaban J connectivity index is 1.38. The van der Waals surface area contributed by atoms with E-state index >= 15 is 0 Å². The summed E-state index contributed by atoms with van der Waals surface area (Å²) < 4.78 is 1.14. The van der Waals surface area contributed by atoms with Crippen molar-refractivity contribution in [1.29, 1.82) is 0 Å². The Morgan fingerprint density at radius 1 is 0.846 bits per heavy atom. The average Bonchev–Trinajstić information content (AvgIpc) is 3.35. The lowest BCUT2D eigenvalue weighted by molar-refractivity contribution is -0.132. The van der Waals surface area contributed by atoms with Crippen molar-refractivity contribution >= 4 is 49.9 Å². The van der Waals surface area contributed by atoms with E-state index in [4.69, 9.17) is 0 Å². The van der Waals surface area contributed by atoms with Crippen LogP contribution in [0.1, 0.15) is 30.9 Å². The highest BCUT2D eigenvalue weighted by Gasteiger charge is 2.29. The van der Waals surface area contributed by atoms with Gasteiger partial charge in [-0.05, 0) is 64.7 Å². The summed E-state index contributed by atoms with van der Waals surface area (Å²) in [5.74, 6) is -0.768. The Morgan fingerprint density at radius 2 is 1.56 bits per heavy atom. The van der Waals surface area contributed by atoms with Gasteiger partial charge in [0.25, 0.3) is 0 Å². The molecule has 0 spiro atoms. The van der Waals surface area contributed by atoms with Crippen LogP contribution in [-0.2, 0) is 27.2 Å². The average molecular weight is 543 g/mol. The summed E-state index contributed by atoms with van der Waals surface area (Å²) >= 11 is 1.63. The highest BCUT2D eigenvalue weighted by Crippen LogP contribution is 2.27. The van der Waals surface area contributed by atoms with Crippen molar-refractivity contribution in [3.05, 3.63) is 83.2 Å². The first-order chi connectivity index (χ1) is 19.0. The van der Waals surface area contributed by atoms with E-state index in [1.807, 2.05) is 60.7 Å². The van der Waals surface area contributed by atoms with Crippen LogP contribution in [0.25, 0.3) is 20.9 Å². The molecule has 3 amide bonds. The van der Waals surface area contributed by atoms with Crippen molar-refractivity contribution in [2.45, 2.75) is 44.8 Å². The molecule has 1 saturated heterocycles. The molecule has 39 heavy (non-hydrogen) atoms. The minimum atomic E-state index is -0.769. The van der Waals surface area contributed by atoms with Crippen molar-refractivity contribution in [1.82, 2.24) is 21.3 Å². The summed E-state index contributed by atoms with van der Waals surface area (Å²) in [4.78, 5) is 39.1. The summed E-state index contributed by atoms with van der Waals surface area (Å²) in [6, 6.07) is 21.4. The fourth-order valence-electron chi connectivity index (χ4n) is 5.34. The van der Waals surface area contributed by atoms with Gasteiger partial charge in [-0.3, -0.25) is 14.4 Å². The Labute approximate surface area is 232 Å². The number of rotatable bonds is 9. The molecule has 0 bridgehead atoms. The number of fused-ring (bicyclic) bond motifs is 2. The number of hydrogen-bond donors (Lipinski definition) is 4. The van der Waals surface area contributed by atoms with E-state index in [0.29, 0.717) is 12.8 Å². The number of nitrogens with one attached hydrogen (secondary N) is 4. The predicted molar refractivity (Wildman–Crippen MR) is 156 cm³/mol. The topological polar surface area (TPSA) is 99.3 Å². The molecule has 0 radical (unpaired) electrons.